The fraction of sp³-hybridized carbons (Fsp3) is 0.0833. The van der Waals surface area contributed by atoms with Crippen molar-refractivity contribution in [3.63, 3.8) is 0 Å². The number of halogens is 1. The fourth-order valence-corrected chi connectivity index (χ4v) is 2.23. The summed E-state index contributed by atoms with van der Waals surface area (Å²) in [6.07, 6.45) is 0. The number of aromatic nitrogens is 1. The molecule has 0 saturated heterocycles. The minimum atomic E-state index is -0.529. The maximum atomic E-state index is 13.5. The summed E-state index contributed by atoms with van der Waals surface area (Å²) in [4.78, 5) is 13.2. The molecule has 1 aromatic carbocycles. The van der Waals surface area contributed by atoms with Crippen LogP contribution in [0.25, 0.3) is 5.57 Å². The lowest BCUT2D eigenvalue weighted by molar-refractivity contribution is 0.386. The van der Waals surface area contributed by atoms with Crippen LogP contribution in [-0.2, 0) is 0 Å². The molecular weight excluding hydrogens is 257 g/mol. The third-order valence-corrected chi connectivity index (χ3v) is 3.34. The van der Waals surface area contributed by atoms with Crippen molar-refractivity contribution in [2.45, 2.75) is 0 Å². The number of ether oxygens (including phenoxy) is 1. The molecule has 1 aromatic heterocycles. The van der Waals surface area contributed by atoms with Gasteiger partial charge in [0, 0.05) is 0 Å². The van der Waals surface area contributed by atoms with Crippen LogP contribution in [0.5, 0.6) is 11.6 Å². The van der Waals surface area contributed by atoms with Crippen LogP contribution in [0.1, 0.15) is 10.4 Å². The summed E-state index contributed by atoms with van der Waals surface area (Å²) < 4.78 is 18.3. The van der Waals surface area contributed by atoms with E-state index in [9.17, 15) is 14.3 Å². The molecule has 94 valence electrons. The number of methoxy groups -OCH3 is 1. The first-order valence-electron chi connectivity index (χ1n) is 4.98. The molecule has 2 rings (SSSR count). The van der Waals surface area contributed by atoms with Crippen LogP contribution in [0.15, 0.2) is 29.6 Å². The van der Waals surface area contributed by atoms with Gasteiger partial charge in [0.25, 0.3) is 0 Å². The first-order valence-corrected chi connectivity index (χ1v) is 5.80. The Bertz CT molecular complexity index is 660. The summed E-state index contributed by atoms with van der Waals surface area (Å²) in [6.45, 7) is 3.75. The number of hydrogen-bond acceptors (Lipinski definition) is 4. The van der Waals surface area contributed by atoms with E-state index in [-0.39, 0.29) is 11.6 Å². The zero-order valence-electron chi connectivity index (χ0n) is 9.49. The number of benzene rings is 1. The minimum Gasteiger partial charge on any atom is -0.494 e. The molecule has 0 radical (unpaired) electrons. The topological polar surface area (TPSA) is 62.3 Å². The van der Waals surface area contributed by atoms with Gasteiger partial charge in [0.2, 0.25) is 5.88 Å². The van der Waals surface area contributed by atoms with Gasteiger partial charge < -0.3 is 9.84 Å². The highest BCUT2D eigenvalue weighted by Crippen LogP contribution is 2.31. The maximum absolute atomic E-state index is 13.5. The second-order valence-electron chi connectivity index (χ2n) is 3.52. The van der Waals surface area contributed by atoms with Crippen molar-refractivity contribution >= 4 is 16.9 Å². The van der Waals surface area contributed by atoms with Crippen LogP contribution in [0.4, 0.5) is 4.39 Å². The zero-order valence-corrected chi connectivity index (χ0v) is 10.3. The molecule has 2 N–H and O–H groups in total. The van der Waals surface area contributed by atoms with Gasteiger partial charge in [0.15, 0.2) is 11.6 Å². The third kappa shape index (κ3) is 2.14. The SMILES string of the molecule is C=C(c1ccc(OC)c(F)c1)c1sc(=O)[nH]c1O. The normalized spacial score (nSPS) is 10.3. The lowest BCUT2D eigenvalue weighted by Crippen LogP contribution is -1.91. The predicted octanol–water partition coefficient (Wildman–Crippen LogP) is 2.35. The fourth-order valence-electron chi connectivity index (χ4n) is 1.51. The Morgan fingerprint density at radius 1 is 1.56 bits per heavy atom. The highest BCUT2D eigenvalue weighted by Gasteiger charge is 2.13. The number of thiazole rings is 1. The summed E-state index contributed by atoms with van der Waals surface area (Å²) in [6, 6.07) is 4.31. The molecule has 0 amide bonds. The third-order valence-electron chi connectivity index (χ3n) is 2.40. The van der Waals surface area contributed by atoms with E-state index in [1.807, 2.05) is 0 Å². The van der Waals surface area contributed by atoms with Crippen molar-refractivity contribution < 1.29 is 14.2 Å². The molecule has 0 aliphatic rings. The Hall–Kier alpha value is -2.08. The second kappa shape index (κ2) is 4.66. The van der Waals surface area contributed by atoms with Crippen molar-refractivity contribution in [3.05, 3.63) is 50.7 Å². The van der Waals surface area contributed by atoms with Crippen LogP contribution < -0.4 is 9.61 Å². The van der Waals surface area contributed by atoms with Crippen LogP contribution >= 0.6 is 11.3 Å². The van der Waals surface area contributed by atoms with Gasteiger partial charge in [-0.25, -0.2) is 4.39 Å². The summed E-state index contributed by atoms with van der Waals surface area (Å²) in [5, 5.41) is 9.51. The van der Waals surface area contributed by atoms with Gasteiger partial charge in [-0.15, -0.1) is 0 Å². The summed E-state index contributed by atoms with van der Waals surface area (Å²) in [7, 11) is 1.37. The number of H-pyrrole nitrogens is 1. The van der Waals surface area contributed by atoms with E-state index in [0.717, 1.165) is 11.3 Å². The van der Waals surface area contributed by atoms with Gasteiger partial charge in [-0.3, -0.25) is 9.78 Å². The monoisotopic (exact) mass is 267 g/mol. The van der Waals surface area contributed by atoms with Crippen LogP contribution in [0.2, 0.25) is 0 Å². The largest absolute Gasteiger partial charge is 0.494 e. The van der Waals surface area contributed by atoms with Crippen molar-refractivity contribution in [2.75, 3.05) is 7.11 Å². The Labute approximate surface area is 106 Å². The highest BCUT2D eigenvalue weighted by molar-refractivity contribution is 7.10. The average molecular weight is 267 g/mol. The number of hydrogen-bond donors (Lipinski definition) is 2. The molecule has 0 fully saturated rings. The van der Waals surface area contributed by atoms with Crippen molar-refractivity contribution in [1.29, 1.82) is 0 Å². The van der Waals surface area contributed by atoms with Crippen LogP contribution in [0.3, 0.4) is 0 Å². The summed E-state index contributed by atoms with van der Waals surface area (Å²) in [5.41, 5.74) is 0.844. The Morgan fingerprint density at radius 3 is 2.78 bits per heavy atom. The van der Waals surface area contributed by atoms with E-state index in [1.165, 1.54) is 19.2 Å². The van der Waals surface area contributed by atoms with E-state index >= 15 is 0 Å². The molecule has 0 aliphatic heterocycles. The van der Waals surface area contributed by atoms with E-state index in [4.69, 9.17) is 4.74 Å². The van der Waals surface area contributed by atoms with Crippen molar-refractivity contribution in [3.8, 4) is 11.6 Å². The molecule has 2 aromatic rings. The number of aromatic hydroxyl groups is 1. The quantitative estimate of drug-likeness (QED) is 0.897. The second-order valence-corrected chi connectivity index (χ2v) is 4.50. The molecule has 0 saturated carbocycles. The molecule has 4 nitrogen and oxygen atoms in total. The van der Waals surface area contributed by atoms with E-state index < -0.39 is 10.7 Å². The molecule has 6 heteroatoms. The molecule has 0 bridgehead atoms. The number of aromatic amines is 1. The molecule has 0 unspecified atom stereocenters. The highest BCUT2D eigenvalue weighted by atomic mass is 32.1. The predicted molar refractivity (Wildman–Crippen MR) is 67.7 cm³/mol. The lowest BCUT2D eigenvalue weighted by atomic mass is 10.1. The molecular formula is C12H10FNO3S. The van der Waals surface area contributed by atoms with E-state index in [2.05, 4.69) is 11.6 Å². The molecule has 18 heavy (non-hydrogen) atoms. The summed E-state index contributed by atoms with van der Waals surface area (Å²) in [5.74, 6) is -0.664. The van der Waals surface area contributed by atoms with Crippen molar-refractivity contribution in [1.82, 2.24) is 4.98 Å². The first-order chi connectivity index (χ1) is 8.52. The van der Waals surface area contributed by atoms with Crippen LogP contribution in [0, 0.1) is 5.82 Å². The molecule has 0 aliphatic carbocycles. The first kappa shape index (κ1) is 12.4. The molecule has 0 atom stereocenters. The Balaban J connectivity index is 2.43. The van der Waals surface area contributed by atoms with Gasteiger partial charge in [-0.05, 0) is 23.3 Å². The van der Waals surface area contributed by atoms with Gasteiger partial charge in [-0.2, -0.15) is 0 Å². The zero-order chi connectivity index (χ0) is 13.3. The smallest absolute Gasteiger partial charge is 0.307 e. The van der Waals surface area contributed by atoms with E-state index in [1.54, 1.807) is 6.07 Å². The summed E-state index contributed by atoms with van der Waals surface area (Å²) >= 11 is 0.819. The minimum absolute atomic E-state index is 0.123. The Morgan fingerprint density at radius 2 is 2.28 bits per heavy atom. The van der Waals surface area contributed by atoms with Gasteiger partial charge in [0.1, 0.15) is 0 Å². The van der Waals surface area contributed by atoms with Crippen LogP contribution in [-0.4, -0.2) is 17.2 Å². The van der Waals surface area contributed by atoms with Gasteiger partial charge >= 0.3 is 4.87 Å². The lowest BCUT2D eigenvalue weighted by Gasteiger charge is -2.06. The van der Waals surface area contributed by atoms with E-state index in [0.29, 0.717) is 16.0 Å². The van der Waals surface area contributed by atoms with Gasteiger partial charge in [-0.1, -0.05) is 24.0 Å². The van der Waals surface area contributed by atoms with Crippen molar-refractivity contribution in [2.24, 2.45) is 0 Å². The number of rotatable bonds is 3. The average Bonchev–Trinajstić information content (AvgIpc) is 2.67. The molecule has 0 spiro atoms. The number of nitrogens with one attached hydrogen (secondary N) is 1. The Kier molecular flexibility index (Phi) is 3.20. The standard InChI is InChI=1S/C12H10FNO3S/c1-6(10-11(15)14-12(16)18-10)7-3-4-9(17-2)8(13)5-7/h3-5,15H,1H2,2H3,(H,14,16). The van der Waals surface area contributed by atoms with Gasteiger partial charge in [0.05, 0.1) is 12.0 Å². The maximum Gasteiger partial charge on any atom is 0.307 e. The molecule has 1 heterocycles.